The molecule has 0 amide bonds. The molecule has 1 rings (SSSR count). The second-order valence-corrected chi connectivity index (χ2v) is 3.58. The van der Waals surface area contributed by atoms with Crippen molar-refractivity contribution in [3.63, 3.8) is 0 Å². The molecular weight excluding hydrogens is 186 g/mol. The Morgan fingerprint density at radius 1 is 1.53 bits per heavy atom. The summed E-state index contributed by atoms with van der Waals surface area (Å²) in [5, 5.41) is 12.0. The van der Waals surface area contributed by atoms with Crippen LogP contribution >= 0.6 is 0 Å². The van der Waals surface area contributed by atoms with Gasteiger partial charge in [-0.1, -0.05) is 11.6 Å². The molecule has 0 fully saturated rings. The lowest BCUT2D eigenvalue weighted by Gasteiger charge is -2.05. The Morgan fingerprint density at radius 2 is 2.27 bits per heavy atom. The number of nitrogens with zero attached hydrogens (tertiary/aromatic N) is 1. The largest absolute Gasteiger partial charge is 0.398 e. The molecule has 3 N–H and O–H groups in total. The van der Waals surface area contributed by atoms with E-state index >= 15 is 0 Å². The van der Waals surface area contributed by atoms with Gasteiger partial charge in [0.2, 0.25) is 0 Å². The van der Waals surface area contributed by atoms with Crippen LogP contribution in [0, 0.1) is 11.3 Å². The fourth-order valence-corrected chi connectivity index (χ4v) is 1.14. The van der Waals surface area contributed by atoms with E-state index in [0.717, 1.165) is 12.2 Å². The van der Waals surface area contributed by atoms with Crippen LogP contribution in [0.3, 0.4) is 0 Å². The Labute approximate surface area is 90.2 Å². The van der Waals surface area contributed by atoms with Gasteiger partial charge in [-0.2, -0.15) is 5.26 Å². The quantitative estimate of drug-likeness (QED) is 0.583. The first kappa shape index (κ1) is 11.1. The summed E-state index contributed by atoms with van der Waals surface area (Å²) in [6.45, 7) is 4.86. The molecule has 0 heterocycles. The topological polar surface area (TPSA) is 61.8 Å². The Hall–Kier alpha value is -1.95. The molecule has 1 aromatic carbocycles. The Balaban J connectivity index is 2.72. The molecule has 0 atom stereocenters. The van der Waals surface area contributed by atoms with E-state index in [9.17, 15) is 0 Å². The van der Waals surface area contributed by atoms with Crippen LogP contribution in [-0.4, -0.2) is 6.54 Å². The standard InChI is InChI=1S/C12H15N3/c1-9(2)5-6-15-11-3-4-12(14)10(7-11)8-13/h3-5,7,15H,6,14H2,1-2H3. The summed E-state index contributed by atoms with van der Waals surface area (Å²) >= 11 is 0. The number of hydrogen-bond acceptors (Lipinski definition) is 3. The van der Waals surface area contributed by atoms with Crippen molar-refractivity contribution in [2.75, 3.05) is 17.6 Å². The molecule has 3 heteroatoms. The summed E-state index contributed by atoms with van der Waals surface area (Å²) in [5.41, 5.74) is 8.82. The number of allylic oxidation sites excluding steroid dienone is 1. The third-order valence-electron chi connectivity index (χ3n) is 1.99. The predicted octanol–water partition coefficient (Wildman–Crippen LogP) is 2.52. The molecule has 0 bridgehead atoms. The molecule has 78 valence electrons. The minimum atomic E-state index is 0.511. The fraction of sp³-hybridized carbons (Fsp3) is 0.250. The molecule has 1 aromatic rings. The molecule has 15 heavy (non-hydrogen) atoms. The lowest BCUT2D eigenvalue weighted by Crippen LogP contribution is -2.00. The number of nitrogens with two attached hydrogens (primary N) is 1. The van der Waals surface area contributed by atoms with E-state index < -0.39 is 0 Å². The highest BCUT2D eigenvalue weighted by Gasteiger charge is 1.98. The van der Waals surface area contributed by atoms with Gasteiger partial charge in [0, 0.05) is 17.9 Å². The first-order valence-electron chi connectivity index (χ1n) is 4.80. The Kier molecular flexibility index (Phi) is 3.75. The second kappa shape index (κ2) is 5.06. The van der Waals surface area contributed by atoms with Gasteiger partial charge >= 0.3 is 0 Å². The van der Waals surface area contributed by atoms with Crippen LogP contribution in [0.25, 0.3) is 0 Å². The van der Waals surface area contributed by atoms with E-state index in [1.165, 1.54) is 5.57 Å². The maximum Gasteiger partial charge on any atom is 0.101 e. The number of rotatable bonds is 3. The van der Waals surface area contributed by atoms with E-state index in [4.69, 9.17) is 11.0 Å². The van der Waals surface area contributed by atoms with Gasteiger partial charge < -0.3 is 11.1 Å². The molecule has 3 nitrogen and oxygen atoms in total. The summed E-state index contributed by atoms with van der Waals surface area (Å²) in [5.74, 6) is 0. The van der Waals surface area contributed by atoms with Crippen molar-refractivity contribution in [1.82, 2.24) is 0 Å². The number of hydrogen-bond donors (Lipinski definition) is 2. The SMILES string of the molecule is CC(C)=CCNc1ccc(N)c(C#N)c1. The maximum absolute atomic E-state index is 8.79. The van der Waals surface area contributed by atoms with E-state index in [1.807, 2.05) is 19.9 Å². The number of nitrogen functional groups attached to an aromatic ring is 1. The van der Waals surface area contributed by atoms with Crippen LogP contribution in [0.2, 0.25) is 0 Å². The average Bonchev–Trinajstić information content (AvgIpc) is 2.20. The first-order chi connectivity index (χ1) is 7.13. The smallest absolute Gasteiger partial charge is 0.101 e. The predicted molar refractivity (Wildman–Crippen MR) is 63.5 cm³/mol. The normalized spacial score (nSPS) is 9.13. The zero-order chi connectivity index (χ0) is 11.3. The highest BCUT2D eigenvalue weighted by Crippen LogP contribution is 2.16. The van der Waals surface area contributed by atoms with Crippen LogP contribution in [-0.2, 0) is 0 Å². The zero-order valence-electron chi connectivity index (χ0n) is 9.04. The monoisotopic (exact) mass is 201 g/mol. The van der Waals surface area contributed by atoms with Gasteiger partial charge in [0.05, 0.1) is 5.56 Å². The van der Waals surface area contributed by atoms with E-state index in [1.54, 1.807) is 12.1 Å². The minimum absolute atomic E-state index is 0.511. The van der Waals surface area contributed by atoms with Crippen molar-refractivity contribution in [3.8, 4) is 6.07 Å². The van der Waals surface area contributed by atoms with Crippen molar-refractivity contribution in [3.05, 3.63) is 35.4 Å². The third-order valence-corrected chi connectivity index (χ3v) is 1.99. The van der Waals surface area contributed by atoms with Crippen molar-refractivity contribution in [2.45, 2.75) is 13.8 Å². The Morgan fingerprint density at radius 3 is 2.87 bits per heavy atom. The summed E-state index contributed by atoms with van der Waals surface area (Å²) < 4.78 is 0. The fourth-order valence-electron chi connectivity index (χ4n) is 1.14. The number of benzene rings is 1. The van der Waals surface area contributed by atoms with Gasteiger partial charge in [-0.3, -0.25) is 0 Å². The number of nitriles is 1. The van der Waals surface area contributed by atoms with Crippen LogP contribution in [0.4, 0.5) is 11.4 Å². The highest BCUT2D eigenvalue weighted by molar-refractivity contribution is 5.61. The average molecular weight is 201 g/mol. The molecule has 0 aliphatic rings. The summed E-state index contributed by atoms with van der Waals surface area (Å²) in [7, 11) is 0. The molecule has 0 saturated heterocycles. The number of nitrogens with one attached hydrogen (secondary N) is 1. The second-order valence-electron chi connectivity index (χ2n) is 3.58. The molecule has 0 saturated carbocycles. The van der Waals surface area contributed by atoms with Gasteiger partial charge in [0.25, 0.3) is 0 Å². The van der Waals surface area contributed by atoms with Crippen LogP contribution in [0.5, 0.6) is 0 Å². The van der Waals surface area contributed by atoms with Crippen molar-refractivity contribution in [2.24, 2.45) is 0 Å². The lowest BCUT2D eigenvalue weighted by molar-refractivity contribution is 1.26. The van der Waals surface area contributed by atoms with E-state index in [2.05, 4.69) is 17.5 Å². The highest BCUT2D eigenvalue weighted by atomic mass is 14.9. The van der Waals surface area contributed by atoms with Crippen molar-refractivity contribution in [1.29, 1.82) is 5.26 Å². The van der Waals surface area contributed by atoms with Gasteiger partial charge in [0.15, 0.2) is 0 Å². The summed E-state index contributed by atoms with van der Waals surface area (Å²) in [4.78, 5) is 0. The van der Waals surface area contributed by atoms with Gasteiger partial charge in [-0.15, -0.1) is 0 Å². The van der Waals surface area contributed by atoms with Gasteiger partial charge in [-0.05, 0) is 32.0 Å². The molecule has 0 aliphatic heterocycles. The maximum atomic E-state index is 8.79. The first-order valence-corrected chi connectivity index (χ1v) is 4.80. The van der Waals surface area contributed by atoms with E-state index in [0.29, 0.717) is 11.3 Å². The molecule has 0 aliphatic carbocycles. The van der Waals surface area contributed by atoms with Crippen molar-refractivity contribution < 1.29 is 0 Å². The van der Waals surface area contributed by atoms with Crippen LogP contribution < -0.4 is 11.1 Å². The molecule has 0 unspecified atom stereocenters. The lowest BCUT2D eigenvalue weighted by atomic mass is 10.2. The van der Waals surface area contributed by atoms with Crippen LogP contribution in [0.15, 0.2) is 29.8 Å². The summed E-state index contributed by atoms with van der Waals surface area (Å²) in [6, 6.07) is 7.42. The van der Waals surface area contributed by atoms with E-state index in [-0.39, 0.29) is 0 Å². The molecule has 0 aromatic heterocycles. The number of anilines is 2. The molecular formula is C12H15N3. The van der Waals surface area contributed by atoms with Gasteiger partial charge in [0.1, 0.15) is 6.07 Å². The van der Waals surface area contributed by atoms with Crippen molar-refractivity contribution >= 4 is 11.4 Å². The van der Waals surface area contributed by atoms with Crippen LogP contribution in [0.1, 0.15) is 19.4 Å². The Bertz CT molecular complexity index is 409. The summed E-state index contributed by atoms with van der Waals surface area (Å²) in [6.07, 6.45) is 2.09. The molecule has 0 radical (unpaired) electrons. The zero-order valence-corrected chi connectivity index (χ0v) is 9.04. The van der Waals surface area contributed by atoms with Gasteiger partial charge in [-0.25, -0.2) is 0 Å². The molecule has 0 spiro atoms. The third kappa shape index (κ3) is 3.35. The minimum Gasteiger partial charge on any atom is -0.398 e.